The molecule has 0 radical (unpaired) electrons. The van der Waals surface area contributed by atoms with Crippen molar-refractivity contribution in [1.29, 1.82) is 0 Å². The minimum atomic E-state index is -4.52. The standard InChI is InChI=1S/C11H14ClF3N4/c1-19-4-2-3-7(6-19)16-9-5-8(11(13,14)15)10(12)18-17-9/h5,7H,2-4,6H2,1H3,(H,16,17)/t7-/m1/s1. The van der Waals surface area contributed by atoms with Gasteiger partial charge in [0.2, 0.25) is 0 Å². The Hall–Kier alpha value is -1.08. The molecule has 2 rings (SSSR count). The number of piperidine rings is 1. The van der Waals surface area contributed by atoms with Gasteiger partial charge in [-0.1, -0.05) is 11.6 Å². The second-order valence-electron chi connectivity index (χ2n) is 4.68. The first-order chi connectivity index (χ1) is 8.86. The highest BCUT2D eigenvalue weighted by Gasteiger charge is 2.35. The molecule has 0 aliphatic carbocycles. The number of hydrogen-bond donors (Lipinski definition) is 1. The zero-order valence-corrected chi connectivity index (χ0v) is 11.1. The lowest BCUT2D eigenvalue weighted by Crippen LogP contribution is -2.40. The fourth-order valence-corrected chi connectivity index (χ4v) is 2.34. The predicted molar refractivity (Wildman–Crippen MR) is 66.2 cm³/mol. The van der Waals surface area contributed by atoms with Crippen LogP contribution in [0.5, 0.6) is 0 Å². The Morgan fingerprint density at radius 1 is 1.42 bits per heavy atom. The predicted octanol–water partition coefficient (Wildman–Crippen LogP) is 2.65. The highest BCUT2D eigenvalue weighted by molar-refractivity contribution is 6.30. The van der Waals surface area contributed by atoms with E-state index in [1.807, 2.05) is 7.05 Å². The molecule has 2 heterocycles. The molecule has 0 aromatic carbocycles. The van der Waals surface area contributed by atoms with Crippen LogP contribution in [-0.2, 0) is 6.18 Å². The van der Waals surface area contributed by atoms with Crippen molar-refractivity contribution < 1.29 is 13.2 Å². The van der Waals surface area contributed by atoms with Crippen molar-refractivity contribution in [3.8, 4) is 0 Å². The molecule has 0 amide bonds. The van der Waals surface area contributed by atoms with E-state index in [-0.39, 0.29) is 11.9 Å². The van der Waals surface area contributed by atoms with E-state index in [0.717, 1.165) is 32.0 Å². The number of anilines is 1. The average molecular weight is 295 g/mol. The Kier molecular flexibility index (Phi) is 4.15. The van der Waals surface area contributed by atoms with Gasteiger partial charge in [0.15, 0.2) is 5.15 Å². The Bertz CT molecular complexity index is 452. The van der Waals surface area contributed by atoms with Gasteiger partial charge in [-0.25, -0.2) is 0 Å². The van der Waals surface area contributed by atoms with Crippen LogP contribution in [0.15, 0.2) is 6.07 Å². The van der Waals surface area contributed by atoms with E-state index in [4.69, 9.17) is 11.6 Å². The lowest BCUT2D eigenvalue weighted by atomic mass is 10.1. The number of hydrogen-bond acceptors (Lipinski definition) is 4. The van der Waals surface area contributed by atoms with Crippen molar-refractivity contribution in [2.75, 3.05) is 25.5 Å². The number of nitrogens with zero attached hydrogens (tertiary/aromatic N) is 3. The van der Waals surface area contributed by atoms with E-state index >= 15 is 0 Å². The summed E-state index contributed by atoms with van der Waals surface area (Å²) in [6, 6.07) is 0.986. The molecule has 1 fully saturated rings. The van der Waals surface area contributed by atoms with Crippen molar-refractivity contribution in [2.45, 2.75) is 25.1 Å². The summed E-state index contributed by atoms with van der Waals surface area (Å²) in [6.07, 6.45) is -2.62. The minimum absolute atomic E-state index is 0.0790. The maximum Gasteiger partial charge on any atom is 0.419 e. The van der Waals surface area contributed by atoms with E-state index in [2.05, 4.69) is 20.4 Å². The summed E-state index contributed by atoms with van der Waals surface area (Å²) >= 11 is 5.42. The lowest BCUT2D eigenvalue weighted by molar-refractivity contribution is -0.137. The molecule has 1 saturated heterocycles. The number of likely N-dealkylation sites (tertiary alicyclic amines) is 1. The van der Waals surface area contributed by atoms with E-state index < -0.39 is 16.9 Å². The molecule has 0 bridgehead atoms. The second kappa shape index (κ2) is 5.50. The van der Waals surface area contributed by atoms with Crippen LogP contribution in [0.2, 0.25) is 5.15 Å². The number of alkyl halides is 3. The van der Waals surface area contributed by atoms with Crippen LogP contribution in [-0.4, -0.2) is 41.3 Å². The molecule has 1 aliphatic rings. The van der Waals surface area contributed by atoms with Gasteiger partial charge in [0, 0.05) is 12.6 Å². The topological polar surface area (TPSA) is 41.0 Å². The van der Waals surface area contributed by atoms with Crippen LogP contribution in [0.4, 0.5) is 19.0 Å². The summed E-state index contributed by atoms with van der Waals surface area (Å²) < 4.78 is 38.0. The molecule has 106 valence electrons. The lowest BCUT2D eigenvalue weighted by Gasteiger charge is -2.30. The number of aromatic nitrogens is 2. The van der Waals surface area contributed by atoms with Crippen molar-refractivity contribution in [2.24, 2.45) is 0 Å². The first-order valence-corrected chi connectivity index (χ1v) is 6.29. The Labute approximate surface area is 113 Å². The number of likely N-dealkylation sites (N-methyl/N-ethyl adjacent to an activating group) is 1. The van der Waals surface area contributed by atoms with Gasteiger partial charge < -0.3 is 10.2 Å². The third-order valence-electron chi connectivity index (χ3n) is 3.03. The minimum Gasteiger partial charge on any atom is -0.365 e. The third kappa shape index (κ3) is 3.70. The largest absolute Gasteiger partial charge is 0.419 e. The van der Waals surface area contributed by atoms with Crippen LogP contribution in [0.1, 0.15) is 18.4 Å². The van der Waals surface area contributed by atoms with E-state index in [0.29, 0.717) is 0 Å². The molecule has 8 heteroatoms. The van der Waals surface area contributed by atoms with E-state index in [9.17, 15) is 13.2 Å². The molecule has 0 saturated carbocycles. The molecule has 1 aromatic rings. The molecule has 1 atom stereocenters. The van der Waals surface area contributed by atoms with Gasteiger partial charge in [-0.15, -0.1) is 10.2 Å². The number of halogens is 4. The first kappa shape index (κ1) is 14.3. The highest BCUT2D eigenvalue weighted by atomic mass is 35.5. The number of rotatable bonds is 2. The second-order valence-corrected chi connectivity index (χ2v) is 5.04. The fourth-order valence-electron chi connectivity index (χ4n) is 2.14. The van der Waals surface area contributed by atoms with Gasteiger partial charge in [0.05, 0.1) is 5.56 Å². The summed E-state index contributed by atoms with van der Waals surface area (Å²) in [5.74, 6) is 0.108. The van der Waals surface area contributed by atoms with Crippen molar-refractivity contribution in [3.63, 3.8) is 0 Å². The van der Waals surface area contributed by atoms with Gasteiger partial charge in [-0.3, -0.25) is 0 Å². The van der Waals surface area contributed by atoms with E-state index in [1.54, 1.807) is 0 Å². The SMILES string of the molecule is CN1CCC[C@@H](Nc2cc(C(F)(F)F)c(Cl)nn2)C1. The Morgan fingerprint density at radius 3 is 2.79 bits per heavy atom. The normalized spacial score (nSPS) is 21.4. The molecule has 1 N–H and O–H groups in total. The third-order valence-corrected chi connectivity index (χ3v) is 3.31. The van der Waals surface area contributed by atoms with Gasteiger partial charge in [-0.05, 0) is 32.5 Å². The van der Waals surface area contributed by atoms with Crippen molar-refractivity contribution in [3.05, 3.63) is 16.8 Å². The van der Waals surface area contributed by atoms with Gasteiger partial charge in [0.25, 0.3) is 0 Å². The highest BCUT2D eigenvalue weighted by Crippen LogP contribution is 2.34. The van der Waals surface area contributed by atoms with Crippen molar-refractivity contribution >= 4 is 17.4 Å². The smallest absolute Gasteiger partial charge is 0.365 e. The molecule has 1 aliphatic heterocycles. The Balaban J connectivity index is 2.13. The van der Waals surface area contributed by atoms with Gasteiger partial charge >= 0.3 is 6.18 Å². The monoisotopic (exact) mass is 294 g/mol. The molecule has 4 nitrogen and oxygen atoms in total. The van der Waals surface area contributed by atoms with Crippen LogP contribution < -0.4 is 5.32 Å². The fraction of sp³-hybridized carbons (Fsp3) is 0.636. The molecule has 19 heavy (non-hydrogen) atoms. The summed E-state index contributed by atoms with van der Waals surface area (Å²) in [5.41, 5.74) is -0.962. The maximum absolute atomic E-state index is 12.7. The average Bonchev–Trinajstić information content (AvgIpc) is 2.30. The van der Waals surface area contributed by atoms with Crippen molar-refractivity contribution in [1.82, 2.24) is 15.1 Å². The molecule has 0 spiro atoms. The maximum atomic E-state index is 12.7. The van der Waals surface area contributed by atoms with Crippen LogP contribution in [0.3, 0.4) is 0 Å². The van der Waals surface area contributed by atoms with Crippen LogP contribution in [0, 0.1) is 0 Å². The van der Waals surface area contributed by atoms with E-state index in [1.165, 1.54) is 0 Å². The Morgan fingerprint density at radius 2 is 2.16 bits per heavy atom. The molecule has 0 unspecified atom stereocenters. The molecule has 1 aromatic heterocycles. The number of nitrogens with one attached hydrogen (secondary N) is 1. The summed E-state index contributed by atoms with van der Waals surface area (Å²) in [7, 11) is 1.97. The molecular weight excluding hydrogens is 281 g/mol. The summed E-state index contributed by atoms with van der Waals surface area (Å²) in [4.78, 5) is 2.12. The zero-order valence-electron chi connectivity index (χ0n) is 10.3. The van der Waals surface area contributed by atoms with Crippen LogP contribution >= 0.6 is 11.6 Å². The summed E-state index contributed by atoms with van der Waals surface area (Å²) in [5, 5.41) is 9.36. The van der Waals surface area contributed by atoms with Gasteiger partial charge in [0.1, 0.15) is 5.82 Å². The summed E-state index contributed by atoms with van der Waals surface area (Å²) in [6.45, 7) is 1.77. The quantitative estimate of drug-likeness (QED) is 0.910. The molecular formula is C11H14ClF3N4. The zero-order chi connectivity index (χ0) is 14.0. The van der Waals surface area contributed by atoms with Gasteiger partial charge in [-0.2, -0.15) is 13.2 Å². The first-order valence-electron chi connectivity index (χ1n) is 5.92. The van der Waals surface area contributed by atoms with Crippen LogP contribution in [0.25, 0.3) is 0 Å².